The Hall–Kier alpha value is -1.32. The van der Waals surface area contributed by atoms with Crippen molar-refractivity contribution in [2.75, 3.05) is 32.7 Å². The van der Waals surface area contributed by atoms with Crippen molar-refractivity contribution in [3.05, 3.63) is 35.5 Å². The summed E-state index contributed by atoms with van der Waals surface area (Å²) in [6.45, 7) is 8.10. The van der Waals surface area contributed by atoms with Gasteiger partial charge in [-0.15, -0.1) is 0 Å². The molecule has 1 aliphatic rings. The molecule has 0 spiro atoms. The van der Waals surface area contributed by atoms with E-state index < -0.39 is 0 Å². The quantitative estimate of drug-likeness (QED) is 0.924. The minimum atomic E-state index is 1.13. The Morgan fingerprint density at radius 1 is 1.20 bits per heavy atom. The minimum absolute atomic E-state index is 1.13. The maximum Gasteiger partial charge on any atom is 0.0510 e. The molecule has 1 saturated heterocycles. The van der Waals surface area contributed by atoms with E-state index in [1.54, 1.807) is 0 Å². The Kier molecular flexibility index (Phi) is 4.08. The van der Waals surface area contributed by atoms with Crippen LogP contribution in [0.4, 0.5) is 0 Å². The van der Waals surface area contributed by atoms with E-state index in [9.17, 15) is 0 Å². The fourth-order valence-electron chi connectivity index (χ4n) is 3.36. The largest absolute Gasteiger partial charge is 0.350 e. The third-order valence-electron chi connectivity index (χ3n) is 4.42. The molecule has 1 N–H and O–H groups in total. The predicted molar refractivity (Wildman–Crippen MR) is 85.3 cm³/mol. The molecule has 0 bridgehead atoms. The van der Waals surface area contributed by atoms with E-state index in [-0.39, 0.29) is 0 Å². The molecule has 2 aromatic rings. The molecule has 0 radical (unpaired) electrons. The van der Waals surface area contributed by atoms with Crippen molar-refractivity contribution in [1.29, 1.82) is 0 Å². The molecule has 0 unspecified atom stereocenters. The predicted octanol–water partition coefficient (Wildman–Crippen LogP) is 2.32. The van der Waals surface area contributed by atoms with Gasteiger partial charge in [0.25, 0.3) is 0 Å². The summed E-state index contributed by atoms with van der Waals surface area (Å²) in [5, 5.41) is 4.90. The molecule has 0 atom stereocenters. The first-order valence-corrected chi connectivity index (χ1v) is 7.72. The van der Waals surface area contributed by atoms with Gasteiger partial charge in [-0.05, 0) is 44.0 Å². The third-order valence-corrected chi connectivity index (χ3v) is 4.42. The van der Waals surface area contributed by atoms with E-state index in [4.69, 9.17) is 0 Å². The highest BCUT2D eigenvalue weighted by atomic mass is 15.1. The molecule has 0 aliphatic carbocycles. The Balaban J connectivity index is 1.76. The summed E-state index contributed by atoms with van der Waals surface area (Å²) < 4.78 is 2.28. The van der Waals surface area contributed by atoms with Crippen LogP contribution >= 0.6 is 0 Å². The SMILES string of the molecule is Cc1cccc2c(CCN3CCCNCC3)cn(C)c12. The van der Waals surface area contributed by atoms with Gasteiger partial charge >= 0.3 is 0 Å². The minimum Gasteiger partial charge on any atom is -0.350 e. The second kappa shape index (κ2) is 5.98. The lowest BCUT2D eigenvalue weighted by Crippen LogP contribution is -2.30. The van der Waals surface area contributed by atoms with Gasteiger partial charge < -0.3 is 14.8 Å². The van der Waals surface area contributed by atoms with Gasteiger partial charge in [0.15, 0.2) is 0 Å². The lowest BCUT2D eigenvalue weighted by molar-refractivity contribution is 0.296. The fourth-order valence-corrected chi connectivity index (χ4v) is 3.36. The Labute approximate surface area is 121 Å². The number of fused-ring (bicyclic) bond motifs is 1. The van der Waals surface area contributed by atoms with E-state index >= 15 is 0 Å². The van der Waals surface area contributed by atoms with Crippen LogP contribution in [0.2, 0.25) is 0 Å². The van der Waals surface area contributed by atoms with Crippen molar-refractivity contribution >= 4 is 10.9 Å². The smallest absolute Gasteiger partial charge is 0.0510 e. The molecular formula is C17H25N3. The molecule has 3 heteroatoms. The molecule has 1 aromatic carbocycles. The molecule has 1 aromatic heterocycles. The Morgan fingerprint density at radius 2 is 2.10 bits per heavy atom. The van der Waals surface area contributed by atoms with Crippen LogP contribution < -0.4 is 5.32 Å². The first-order valence-electron chi connectivity index (χ1n) is 7.72. The van der Waals surface area contributed by atoms with Crippen molar-refractivity contribution in [3.8, 4) is 0 Å². The zero-order valence-corrected chi connectivity index (χ0v) is 12.7. The van der Waals surface area contributed by atoms with Gasteiger partial charge in [-0.1, -0.05) is 18.2 Å². The fraction of sp³-hybridized carbons (Fsp3) is 0.529. The standard InChI is InChI=1S/C17H25N3/c1-14-5-3-6-16-15(13-19(2)17(14)16)7-11-20-10-4-8-18-9-12-20/h3,5-6,13,18H,4,7-12H2,1-2H3. The third kappa shape index (κ3) is 2.74. The average molecular weight is 271 g/mol. The maximum atomic E-state index is 3.47. The maximum absolute atomic E-state index is 3.47. The van der Waals surface area contributed by atoms with Crippen molar-refractivity contribution in [3.63, 3.8) is 0 Å². The van der Waals surface area contributed by atoms with Gasteiger partial charge in [-0.25, -0.2) is 0 Å². The van der Waals surface area contributed by atoms with Gasteiger partial charge in [0, 0.05) is 38.3 Å². The molecule has 0 saturated carbocycles. The van der Waals surface area contributed by atoms with Gasteiger partial charge in [-0.2, -0.15) is 0 Å². The first kappa shape index (κ1) is 13.7. The number of hydrogen-bond acceptors (Lipinski definition) is 2. The second-order valence-electron chi connectivity index (χ2n) is 5.93. The zero-order valence-electron chi connectivity index (χ0n) is 12.7. The summed E-state index contributed by atoms with van der Waals surface area (Å²) in [5.41, 5.74) is 4.25. The summed E-state index contributed by atoms with van der Waals surface area (Å²) >= 11 is 0. The molecule has 108 valence electrons. The van der Waals surface area contributed by atoms with Crippen LogP contribution in [-0.2, 0) is 13.5 Å². The average Bonchev–Trinajstić information content (AvgIpc) is 2.64. The number of para-hydroxylation sites is 1. The van der Waals surface area contributed by atoms with Crippen LogP contribution in [0.3, 0.4) is 0 Å². The van der Waals surface area contributed by atoms with Gasteiger partial charge in [-0.3, -0.25) is 0 Å². The molecule has 0 amide bonds. The van der Waals surface area contributed by atoms with E-state index in [0.29, 0.717) is 0 Å². The van der Waals surface area contributed by atoms with E-state index in [2.05, 4.69) is 53.2 Å². The second-order valence-corrected chi connectivity index (χ2v) is 5.93. The number of aromatic nitrogens is 1. The Morgan fingerprint density at radius 3 is 3.00 bits per heavy atom. The zero-order chi connectivity index (χ0) is 13.9. The summed E-state index contributed by atoms with van der Waals surface area (Å²) in [5.74, 6) is 0. The van der Waals surface area contributed by atoms with Gasteiger partial charge in [0.1, 0.15) is 0 Å². The lowest BCUT2D eigenvalue weighted by Gasteiger charge is -2.18. The number of aryl methyl sites for hydroxylation is 2. The van der Waals surface area contributed by atoms with E-state index in [1.807, 2.05) is 0 Å². The topological polar surface area (TPSA) is 20.2 Å². The Bertz CT molecular complexity index is 577. The van der Waals surface area contributed by atoms with Crippen molar-refractivity contribution in [2.45, 2.75) is 19.8 Å². The summed E-state index contributed by atoms with van der Waals surface area (Å²) in [6, 6.07) is 6.64. The number of benzene rings is 1. The molecule has 20 heavy (non-hydrogen) atoms. The van der Waals surface area contributed by atoms with Crippen LogP contribution in [-0.4, -0.2) is 42.2 Å². The van der Waals surface area contributed by atoms with E-state index in [1.165, 1.54) is 54.6 Å². The summed E-state index contributed by atoms with van der Waals surface area (Å²) in [7, 11) is 2.16. The van der Waals surface area contributed by atoms with Gasteiger partial charge in [0.05, 0.1) is 5.52 Å². The number of rotatable bonds is 3. The molecule has 1 aliphatic heterocycles. The van der Waals surface area contributed by atoms with Crippen LogP contribution in [0.25, 0.3) is 10.9 Å². The lowest BCUT2D eigenvalue weighted by atomic mass is 10.1. The normalized spacial score (nSPS) is 17.5. The van der Waals surface area contributed by atoms with Crippen LogP contribution in [0.1, 0.15) is 17.5 Å². The summed E-state index contributed by atoms with van der Waals surface area (Å²) in [4.78, 5) is 2.59. The highest BCUT2D eigenvalue weighted by Crippen LogP contribution is 2.24. The highest BCUT2D eigenvalue weighted by molar-refractivity contribution is 5.86. The van der Waals surface area contributed by atoms with Crippen LogP contribution in [0.15, 0.2) is 24.4 Å². The van der Waals surface area contributed by atoms with Crippen molar-refractivity contribution in [2.24, 2.45) is 7.05 Å². The first-order chi connectivity index (χ1) is 9.75. The van der Waals surface area contributed by atoms with E-state index in [0.717, 1.165) is 13.0 Å². The highest BCUT2D eigenvalue weighted by Gasteiger charge is 2.11. The number of nitrogens with one attached hydrogen (secondary N) is 1. The number of hydrogen-bond donors (Lipinski definition) is 1. The molecule has 1 fully saturated rings. The number of nitrogens with zero attached hydrogens (tertiary/aromatic N) is 2. The van der Waals surface area contributed by atoms with Gasteiger partial charge in [0.2, 0.25) is 0 Å². The van der Waals surface area contributed by atoms with Crippen molar-refractivity contribution < 1.29 is 0 Å². The van der Waals surface area contributed by atoms with Crippen molar-refractivity contribution in [1.82, 2.24) is 14.8 Å². The van der Waals surface area contributed by atoms with Crippen LogP contribution in [0.5, 0.6) is 0 Å². The molecule has 3 nitrogen and oxygen atoms in total. The molecular weight excluding hydrogens is 246 g/mol. The molecule has 3 rings (SSSR count). The summed E-state index contributed by atoms with van der Waals surface area (Å²) in [6.07, 6.45) is 4.74. The monoisotopic (exact) mass is 271 g/mol. The van der Waals surface area contributed by atoms with Crippen LogP contribution in [0, 0.1) is 6.92 Å². The molecule has 2 heterocycles.